The third kappa shape index (κ3) is 5.01. The molecule has 1 aromatic rings. The van der Waals surface area contributed by atoms with E-state index in [9.17, 15) is 0 Å². The first-order valence-corrected chi connectivity index (χ1v) is 8.06. The summed E-state index contributed by atoms with van der Waals surface area (Å²) >= 11 is 1.67. The number of hydrogen-bond donors (Lipinski definition) is 1. The van der Waals surface area contributed by atoms with Crippen LogP contribution in [0.25, 0.3) is 0 Å². The molecule has 2 heterocycles. The summed E-state index contributed by atoms with van der Waals surface area (Å²) < 4.78 is 7.60. The predicted molar refractivity (Wildman–Crippen MR) is 78.9 cm³/mol. The van der Waals surface area contributed by atoms with E-state index in [0.717, 1.165) is 43.7 Å². The van der Waals surface area contributed by atoms with Crippen LogP contribution in [-0.2, 0) is 11.3 Å². The highest BCUT2D eigenvalue weighted by Gasteiger charge is 2.19. The Kier molecular flexibility index (Phi) is 6.21. The average molecular weight is 300 g/mol. The summed E-state index contributed by atoms with van der Waals surface area (Å²) in [6, 6.07) is 0.480. The summed E-state index contributed by atoms with van der Waals surface area (Å²) in [7, 11) is 2.13. The number of thioether (sulfide) groups is 1. The van der Waals surface area contributed by atoms with E-state index in [1.54, 1.807) is 11.8 Å². The summed E-state index contributed by atoms with van der Waals surface area (Å²) in [5, 5.41) is 16.1. The van der Waals surface area contributed by atoms with Gasteiger partial charge in [0, 0.05) is 31.4 Å². The van der Waals surface area contributed by atoms with Gasteiger partial charge in [0.1, 0.15) is 0 Å². The van der Waals surface area contributed by atoms with Crippen molar-refractivity contribution in [1.29, 1.82) is 0 Å². The molecule has 114 valence electrons. The van der Waals surface area contributed by atoms with Crippen LogP contribution in [0.3, 0.4) is 0 Å². The summed E-state index contributed by atoms with van der Waals surface area (Å²) in [4.78, 5) is 2.30. The minimum absolute atomic E-state index is 0.262. The molecular weight excluding hydrogens is 276 g/mol. The Bertz CT molecular complexity index is 399. The second-order valence-corrected chi connectivity index (χ2v) is 6.35. The molecule has 1 atom stereocenters. The molecule has 0 spiro atoms. The van der Waals surface area contributed by atoms with Crippen molar-refractivity contribution in [2.24, 2.45) is 0 Å². The number of ether oxygens (including phenoxy) is 1. The van der Waals surface area contributed by atoms with Crippen molar-refractivity contribution in [3.8, 4) is 0 Å². The maximum Gasteiger partial charge on any atom is 0.209 e. The Morgan fingerprint density at radius 1 is 1.50 bits per heavy atom. The van der Waals surface area contributed by atoms with E-state index in [1.165, 1.54) is 0 Å². The van der Waals surface area contributed by atoms with Crippen LogP contribution in [0.2, 0.25) is 0 Å². The van der Waals surface area contributed by atoms with Gasteiger partial charge in [0.15, 0.2) is 0 Å². The maximum absolute atomic E-state index is 5.75. The van der Waals surface area contributed by atoms with E-state index in [-0.39, 0.29) is 6.10 Å². The normalized spacial score (nSPS) is 20.7. The Labute approximate surface area is 124 Å². The first-order chi connectivity index (χ1) is 9.65. The molecule has 0 aromatic carbocycles. The highest BCUT2D eigenvalue weighted by atomic mass is 32.2. The zero-order valence-corrected chi connectivity index (χ0v) is 13.3. The van der Waals surface area contributed by atoms with E-state index in [0.29, 0.717) is 6.04 Å². The summed E-state index contributed by atoms with van der Waals surface area (Å²) in [5.41, 5.74) is 0. The molecule has 0 saturated carbocycles. The molecule has 0 amide bonds. The van der Waals surface area contributed by atoms with Crippen molar-refractivity contribution in [3.63, 3.8) is 0 Å². The van der Waals surface area contributed by atoms with Gasteiger partial charge in [0.05, 0.1) is 19.3 Å². The molecule has 7 nitrogen and oxygen atoms in total. The molecule has 0 aliphatic carbocycles. The number of aromatic nitrogens is 4. The number of morpholine rings is 1. The van der Waals surface area contributed by atoms with Crippen LogP contribution in [0.15, 0.2) is 5.16 Å². The fraction of sp³-hybridized carbons (Fsp3) is 0.917. The summed E-state index contributed by atoms with van der Waals surface area (Å²) in [6.45, 7) is 8.73. The van der Waals surface area contributed by atoms with Gasteiger partial charge in [-0.3, -0.25) is 0 Å². The van der Waals surface area contributed by atoms with Crippen molar-refractivity contribution in [2.45, 2.75) is 37.7 Å². The van der Waals surface area contributed by atoms with Crippen molar-refractivity contribution in [2.75, 3.05) is 39.0 Å². The topological polar surface area (TPSA) is 68.1 Å². The van der Waals surface area contributed by atoms with Gasteiger partial charge < -0.3 is 15.0 Å². The van der Waals surface area contributed by atoms with Crippen LogP contribution >= 0.6 is 11.8 Å². The van der Waals surface area contributed by atoms with Crippen LogP contribution in [0.5, 0.6) is 0 Å². The Morgan fingerprint density at radius 3 is 3.10 bits per heavy atom. The van der Waals surface area contributed by atoms with Crippen molar-refractivity contribution >= 4 is 11.8 Å². The highest BCUT2D eigenvalue weighted by molar-refractivity contribution is 7.99. The molecule has 1 saturated heterocycles. The Hall–Kier alpha value is -0.700. The van der Waals surface area contributed by atoms with Gasteiger partial charge in [-0.05, 0) is 17.5 Å². The monoisotopic (exact) mass is 300 g/mol. The maximum atomic E-state index is 5.75. The smallest absolute Gasteiger partial charge is 0.209 e. The van der Waals surface area contributed by atoms with E-state index >= 15 is 0 Å². The molecule has 1 aliphatic heterocycles. The molecule has 1 aliphatic rings. The molecule has 1 N–H and O–H groups in total. The van der Waals surface area contributed by atoms with Gasteiger partial charge in [-0.2, -0.15) is 0 Å². The van der Waals surface area contributed by atoms with Crippen LogP contribution in [0.4, 0.5) is 0 Å². The SMILES string of the molecule is CC(C)NCCn1nnnc1SCC1CN(C)CCO1. The molecule has 1 aromatic heterocycles. The fourth-order valence-corrected chi connectivity index (χ4v) is 2.94. The van der Waals surface area contributed by atoms with Gasteiger partial charge in [0.2, 0.25) is 5.16 Å². The van der Waals surface area contributed by atoms with E-state index in [2.05, 4.69) is 46.6 Å². The highest BCUT2D eigenvalue weighted by Crippen LogP contribution is 2.17. The molecule has 20 heavy (non-hydrogen) atoms. The average Bonchev–Trinajstić information content (AvgIpc) is 2.84. The lowest BCUT2D eigenvalue weighted by atomic mass is 10.3. The van der Waals surface area contributed by atoms with Gasteiger partial charge in [-0.15, -0.1) is 5.10 Å². The van der Waals surface area contributed by atoms with E-state index < -0.39 is 0 Å². The fourth-order valence-electron chi connectivity index (χ4n) is 2.03. The van der Waals surface area contributed by atoms with Crippen LogP contribution < -0.4 is 5.32 Å². The van der Waals surface area contributed by atoms with E-state index in [1.807, 2.05) is 4.68 Å². The van der Waals surface area contributed by atoms with Gasteiger partial charge in [0.25, 0.3) is 0 Å². The number of hydrogen-bond acceptors (Lipinski definition) is 7. The van der Waals surface area contributed by atoms with Crippen molar-refractivity contribution in [1.82, 2.24) is 30.4 Å². The predicted octanol–water partition coefficient (Wildman–Crippen LogP) is 0.0938. The van der Waals surface area contributed by atoms with Crippen molar-refractivity contribution in [3.05, 3.63) is 0 Å². The molecule has 1 unspecified atom stereocenters. The van der Waals surface area contributed by atoms with Gasteiger partial charge in [-0.1, -0.05) is 25.6 Å². The zero-order valence-electron chi connectivity index (χ0n) is 12.4. The lowest BCUT2D eigenvalue weighted by molar-refractivity contribution is -0.00602. The molecular formula is C12H24N6OS. The zero-order chi connectivity index (χ0) is 14.4. The lowest BCUT2D eigenvalue weighted by Gasteiger charge is -2.29. The first kappa shape index (κ1) is 15.7. The standard InChI is InChI=1S/C12H24N6OS/c1-10(2)13-4-5-18-12(14-15-16-18)20-9-11-8-17(3)6-7-19-11/h10-11,13H,4-9H2,1-3H3. The first-order valence-electron chi connectivity index (χ1n) is 7.07. The Balaban J connectivity index is 1.76. The quantitative estimate of drug-likeness (QED) is 0.716. The molecule has 8 heteroatoms. The van der Waals surface area contributed by atoms with Crippen LogP contribution in [-0.4, -0.2) is 76.3 Å². The lowest BCUT2D eigenvalue weighted by Crippen LogP contribution is -2.41. The minimum Gasteiger partial charge on any atom is -0.375 e. The third-order valence-electron chi connectivity index (χ3n) is 3.12. The molecule has 0 bridgehead atoms. The number of rotatable bonds is 7. The minimum atomic E-state index is 0.262. The number of nitrogens with one attached hydrogen (secondary N) is 1. The molecule has 1 fully saturated rings. The van der Waals surface area contributed by atoms with E-state index in [4.69, 9.17) is 4.74 Å². The van der Waals surface area contributed by atoms with Crippen LogP contribution in [0.1, 0.15) is 13.8 Å². The van der Waals surface area contributed by atoms with Gasteiger partial charge in [-0.25, -0.2) is 4.68 Å². The second kappa shape index (κ2) is 7.92. The third-order valence-corrected chi connectivity index (χ3v) is 4.20. The molecule has 2 rings (SSSR count). The molecule has 0 radical (unpaired) electrons. The van der Waals surface area contributed by atoms with Gasteiger partial charge >= 0.3 is 0 Å². The number of tetrazole rings is 1. The Morgan fingerprint density at radius 2 is 2.35 bits per heavy atom. The summed E-state index contributed by atoms with van der Waals surface area (Å²) in [5.74, 6) is 0.891. The number of nitrogens with zero attached hydrogens (tertiary/aromatic N) is 5. The number of likely N-dealkylation sites (N-methyl/N-ethyl adjacent to an activating group) is 1. The van der Waals surface area contributed by atoms with Crippen LogP contribution in [0, 0.1) is 0 Å². The largest absolute Gasteiger partial charge is 0.375 e. The summed E-state index contributed by atoms with van der Waals surface area (Å²) in [6.07, 6.45) is 0.262. The second-order valence-electron chi connectivity index (χ2n) is 5.36. The van der Waals surface area contributed by atoms with Crippen molar-refractivity contribution < 1.29 is 4.74 Å².